The van der Waals surface area contributed by atoms with Gasteiger partial charge in [0.15, 0.2) is 0 Å². The van der Waals surface area contributed by atoms with Crippen LogP contribution in [0.3, 0.4) is 0 Å². The van der Waals surface area contributed by atoms with Crippen LogP contribution < -0.4 is 5.32 Å². The zero-order valence-electron chi connectivity index (χ0n) is 9.23. The van der Waals surface area contributed by atoms with Crippen LogP contribution >= 0.6 is 0 Å². The third kappa shape index (κ3) is 3.34. The normalized spacial score (nSPS) is 11.9. The fourth-order valence-electron chi connectivity index (χ4n) is 1.21. The quantitative estimate of drug-likeness (QED) is 0.778. The van der Waals surface area contributed by atoms with Gasteiger partial charge in [0.1, 0.15) is 6.04 Å². The van der Waals surface area contributed by atoms with Crippen molar-refractivity contribution in [2.45, 2.75) is 26.3 Å². The summed E-state index contributed by atoms with van der Waals surface area (Å²) in [6.45, 7) is 3.28. The van der Waals surface area contributed by atoms with Crippen LogP contribution in [-0.2, 0) is 16.0 Å². The molecule has 5 heteroatoms. The van der Waals surface area contributed by atoms with E-state index in [4.69, 9.17) is 5.11 Å². The van der Waals surface area contributed by atoms with E-state index in [1.54, 1.807) is 12.3 Å². The third-order valence-electron chi connectivity index (χ3n) is 2.19. The first-order valence-corrected chi connectivity index (χ1v) is 4.93. The van der Waals surface area contributed by atoms with Crippen molar-refractivity contribution in [1.82, 2.24) is 10.3 Å². The van der Waals surface area contributed by atoms with E-state index in [0.717, 1.165) is 5.56 Å². The number of aliphatic carboxylic acids is 1. The highest BCUT2D eigenvalue weighted by atomic mass is 16.4. The summed E-state index contributed by atoms with van der Waals surface area (Å²) in [4.78, 5) is 26.1. The average Bonchev–Trinajstić information content (AvgIpc) is 2.21. The van der Waals surface area contributed by atoms with Crippen LogP contribution in [0.2, 0.25) is 0 Å². The maximum Gasteiger partial charge on any atom is 0.325 e. The highest BCUT2D eigenvalue weighted by molar-refractivity contribution is 5.84. The van der Waals surface area contributed by atoms with Crippen molar-refractivity contribution in [2.75, 3.05) is 0 Å². The highest BCUT2D eigenvalue weighted by Gasteiger charge is 2.14. The number of carbonyl (C=O) groups is 2. The Labute approximate surface area is 93.5 Å². The Bertz CT molecular complexity index is 404. The molecule has 1 heterocycles. The molecule has 5 nitrogen and oxygen atoms in total. The summed E-state index contributed by atoms with van der Waals surface area (Å²) in [6.07, 6.45) is 1.71. The van der Waals surface area contributed by atoms with Crippen LogP contribution in [0.5, 0.6) is 0 Å². The van der Waals surface area contributed by atoms with E-state index in [1.165, 1.54) is 6.92 Å². The largest absolute Gasteiger partial charge is 0.480 e. The van der Waals surface area contributed by atoms with Gasteiger partial charge in [-0.05, 0) is 25.5 Å². The van der Waals surface area contributed by atoms with E-state index < -0.39 is 12.0 Å². The van der Waals surface area contributed by atoms with Crippen molar-refractivity contribution in [2.24, 2.45) is 0 Å². The second-order valence-electron chi connectivity index (χ2n) is 3.57. The Balaban J connectivity index is 2.59. The predicted octanol–water partition coefficient (Wildman–Crippen LogP) is 0.522. The molecule has 0 aliphatic rings. The van der Waals surface area contributed by atoms with Gasteiger partial charge in [0, 0.05) is 6.20 Å². The molecule has 1 atom stereocenters. The number of carboxylic acid groups (broad SMARTS) is 1. The van der Waals surface area contributed by atoms with Gasteiger partial charge >= 0.3 is 5.97 Å². The monoisotopic (exact) mass is 222 g/mol. The summed E-state index contributed by atoms with van der Waals surface area (Å²) in [5, 5.41) is 11.0. The number of aromatic nitrogens is 1. The molecule has 0 spiro atoms. The van der Waals surface area contributed by atoms with Crippen molar-refractivity contribution in [3.63, 3.8) is 0 Å². The van der Waals surface area contributed by atoms with E-state index in [-0.39, 0.29) is 12.3 Å². The Morgan fingerprint density at radius 2 is 2.25 bits per heavy atom. The number of amides is 1. The number of pyridine rings is 1. The Morgan fingerprint density at radius 1 is 1.56 bits per heavy atom. The molecular weight excluding hydrogens is 208 g/mol. The van der Waals surface area contributed by atoms with Gasteiger partial charge in [-0.1, -0.05) is 6.07 Å². The lowest BCUT2D eigenvalue weighted by Gasteiger charge is -2.09. The minimum Gasteiger partial charge on any atom is -0.480 e. The van der Waals surface area contributed by atoms with Gasteiger partial charge < -0.3 is 10.4 Å². The maximum atomic E-state index is 11.5. The van der Waals surface area contributed by atoms with Crippen LogP contribution in [-0.4, -0.2) is 28.0 Å². The van der Waals surface area contributed by atoms with Crippen LogP contribution in [0.15, 0.2) is 18.3 Å². The van der Waals surface area contributed by atoms with Gasteiger partial charge in [0.05, 0.1) is 12.1 Å². The molecule has 0 aromatic carbocycles. The number of carbonyl (C=O) groups excluding carboxylic acids is 1. The lowest BCUT2D eigenvalue weighted by atomic mass is 10.1. The lowest BCUT2D eigenvalue weighted by molar-refractivity contribution is -0.141. The molecule has 16 heavy (non-hydrogen) atoms. The first kappa shape index (κ1) is 12.2. The maximum absolute atomic E-state index is 11.5. The van der Waals surface area contributed by atoms with Crippen molar-refractivity contribution >= 4 is 11.9 Å². The second kappa shape index (κ2) is 5.25. The fourth-order valence-corrected chi connectivity index (χ4v) is 1.21. The Hall–Kier alpha value is -1.91. The number of nitrogens with one attached hydrogen (secondary N) is 1. The van der Waals surface area contributed by atoms with Gasteiger partial charge in [-0.3, -0.25) is 14.6 Å². The molecule has 2 N–H and O–H groups in total. The first-order chi connectivity index (χ1) is 7.50. The van der Waals surface area contributed by atoms with E-state index >= 15 is 0 Å². The van der Waals surface area contributed by atoms with Crippen molar-refractivity contribution < 1.29 is 14.7 Å². The minimum absolute atomic E-state index is 0.101. The molecule has 0 bridgehead atoms. The molecular formula is C11H14N2O3. The Kier molecular flexibility index (Phi) is 3.99. The van der Waals surface area contributed by atoms with E-state index in [0.29, 0.717) is 5.69 Å². The second-order valence-corrected chi connectivity index (χ2v) is 3.57. The van der Waals surface area contributed by atoms with Crippen molar-refractivity contribution in [3.8, 4) is 0 Å². The summed E-state index contributed by atoms with van der Waals surface area (Å²) in [6, 6.07) is 2.77. The standard InChI is InChI=1S/C11H14N2O3/c1-7-4-3-5-12-9(7)6-10(14)13-8(2)11(15)16/h3-5,8H,6H2,1-2H3,(H,13,14)(H,15,16)/t8-/m1/s1. The van der Waals surface area contributed by atoms with Crippen LogP contribution in [0, 0.1) is 6.92 Å². The van der Waals surface area contributed by atoms with Gasteiger partial charge in [-0.2, -0.15) is 0 Å². The lowest BCUT2D eigenvalue weighted by Crippen LogP contribution is -2.39. The van der Waals surface area contributed by atoms with Crippen molar-refractivity contribution in [3.05, 3.63) is 29.6 Å². The zero-order chi connectivity index (χ0) is 12.1. The molecule has 0 saturated carbocycles. The fraction of sp³-hybridized carbons (Fsp3) is 0.364. The summed E-state index contributed by atoms with van der Waals surface area (Å²) in [5.74, 6) is -1.39. The minimum atomic E-state index is -1.05. The van der Waals surface area contributed by atoms with Crippen LogP contribution in [0.1, 0.15) is 18.2 Å². The van der Waals surface area contributed by atoms with Gasteiger partial charge in [-0.15, -0.1) is 0 Å². The van der Waals surface area contributed by atoms with Gasteiger partial charge in [-0.25, -0.2) is 0 Å². The molecule has 86 valence electrons. The highest BCUT2D eigenvalue weighted by Crippen LogP contribution is 2.03. The zero-order valence-corrected chi connectivity index (χ0v) is 9.23. The number of rotatable bonds is 4. The van der Waals surface area contributed by atoms with E-state index in [9.17, 15) is 9.59 Å². The molecule has 0 saturated heterocycles. The third-order valence-corrected chi connectivity index (χ3v) is 2.19. The number of nitrogens with zero attached hydrogens (tertiary/aromatic N) is 1. The molecule has 1 rings (SSSR count). The molecule has 0 unspecified atom stereocenters. The molecule has 1 aromatic heterocycles. The SMILES string of the molecule is Cc1cccnc1CC(=O)N[C@H](C)C(=O)O. The smallest absolute Gasteiger partial charge is 0.325 e. The summed E-state index contributed by atoms with van der Waals surface area (Å²) >= 11 is 0. The van der Waals surface area contributed by atoms with Gasteiger partial charge in [0.2, 0.25) is 5.91 Å². The number of carboxylic acids is 1. The topological polar surface area (TPSA) is 79.3 Å². The van der Waals surface area contributed by atoms with Crippen LogP contribution in [0.25, 0.3) is 0 Å². The molecule has 1 amide bonds. The summed E-state index contributed by atoms with van der Waals surface area (Å²) < 4.78 is 0. The molecule has 0 radical (unpaired) electrons. The number of aryl methyl sites for hydroxylation is 1. The summed E-state index contributed by atoms with van der Waals surface area (Å²) in [5.41, 5.74) is 1.58. The van der Waals surface area contributed by atoms with E-state index in [2.05, 4.69) is 10.3 Å². The Morgan fingerprint density at radius 3 is 2.81 bits per heavy atom. The summed E-state index contributed by atoms with van der Waals surface area (Å²) in [7, 11) is 0. The predicted molar refractivity (Wildman–Crippen MR) is 57.9 cm³/mol. The first-order valence-electron chi connectivity index (χ1n) is 4.93. The number of hydrogen-bond acceptors (Lipinski definition) is 3. The molecule has 0 aliphatic carbocycles. The van der Waals surface area contributed by atoms with Crippen LogP contribution in [0.4, 0.5) is 0 Å². The van der Waals surface area contributed by atoms with Gasteiger partial charge in [0.25, 0.3) is 0 Å². The number of hydrogen-bond donors (Lipinski definition) is 2. The van der Waals surface area contributed by atoms with Crippen molar-refractivity contribution in [1.29, 1.82) is 0 Å². The molecule has 0 fully saturated rings. The van der Waals surface area contributed by atoms with E-state index in [1.807, 2.05) is 13.0 Å². The average molecular weight is 222 g/mol. The molecule has 1 aromatic rings. The molecule has 0 aliphatic heterocycles.